The van der Waals surface area contributed by atoms with Crippen LogP contribution in [0, 0.1) is 0 Å². The molecule has 0 aromatic carbocycles. The van der Waals surface area contributed by atoms with Crippen molar-refractivity contribution in [3.05, 3.63) is 0 Å². The molecule has 0 aromatic heterocycles. The number of morpholine rings is 1. The van der Waals surface area contributed by atoms with E-state index in [1.54, 1.807) is 0 Å². The van der Waals surface area contributed by atoms with Gasteiger partial charge in [-0.05, 0) is 0 Å². The topological polar surface area (TPSA) is 76.1 Å². The van der Waals surface area contributed by atoms with E-state index in [0.29, 0.717) is 6.61 Å². The van der Waals surface area contributed by atoms with Crippen LogP contribution in [0.25, 0.3) is 0 Å². The Balaban J connectivity index is 2.67. The molecule has 1 saturated heterocycles. The van der Waals surface area contributed by atoms with Gasteiger partial charge in [0.25, 0.3) is 0 Å². The van der Waals surface area contributed by atoms with Gasteiger partial charge in [-0.15, -0.1) is 0 Å². The molecule has 74 valence electrons. The number of carbonyl (C=O) groups excluding carboxylic acids is 1. The van der Waals surface area contributed by atoms with Gasteiger partial charge in [-0.25, -0.2) is 9.59 Å². The van der Waals surface area contributed by atoms with E-state index in [4.69, 9.17) is 9.84 Å². The monoisotopic (exact) mass is 189 g/mol. The lowest BCUT2D eigenvalue weighted by Crippen LogP contribution is -2.52. The average molecular weight is 189 g/mol. The summed E-state index contributed by atoms with van der Waals surface area (Å²) in [7, 11) is 1.22. The van der Waals surface area contributed by atoms with Crippen molar-refractivity contribution in [2.24, 2.45) is 0 Å². The van der Waals surface area contributed by atoms with Gasteiger partial charge in [0.2, 0.25) is 0 Å². The minimum atomic E-state index is -1.08. The fraction of sp³-hybridized carbons (Fsp3) is 0.714. The molecule has 1 amide bonds. The Bertz CT molecular complexity index is 217. The van der Waals surface area contributed by atoms with Gasteiger partial charge < -0.3 is 14.6 Å². The van der Waals surface area contributed by atoms with Crippen LogP contribution >= 0.6 is 0 Å². The summed E-state index contributed by atoms with van der Waals surface area (Å²) in [5, 5.41) is 8.72. The molecule has 13 heavy (non-hydrogen) atoms. The van der Waals surface area contributed by atoms with E-state index in [9.17, 15) is 9.59 Å². The summed E-state index contributed by atoms with van der Waals surface area (Å²) in [5.41, 5.74) is 0. The number of rotatable bonds is 1. The second-order valence-electron chi connectivity index (χ2n) is 2.59. The molecule has 1 aliphatic rings. The fourth-order valence-corrected chi connectivity index (χ4v) is 1.14. The smallest absolute Gasteiger partial charge is 0.410 e. The number of hydrogen-bond donors (Lipinski definition) is 1. The number of carboxylic acid groups (broad SMARTS) is 1. The second kappa shape index (κ2) is 4.08. The Kier molecular flexibility index (Phi) is 3.07. The predicted molar refractivity (Wildman–Crippen MR) is 41.4 cm³/mol. The lowest BCUT2D eigenvalue weighted by atomic mass is 10.2. The van der Waals surface area contributed by atoms with Crippen molar-refractivity contribution in [1.29, 1.82) is 0 Å². The maximum atomic E-state index is 11.1. The first-order chi connectivity index (χ1) is 6.16. The first-order valence-electron chi connectivity index (χ1n) is 3.82. The predicted octanol–water partition coefficient (Wildman–Crippen LogP) is -0.462. The number of methoxy groups -OCH3 is 1. The van der Waals surface area contributed by atoms with E-state index in [0.717, 1.165) is 4.90 Å². The maximum Gasteiger partial charge on any atom is 0.410 e. The molecule has 1 N–H and O–H groups in total. The molecule has 6 nitrogen and oxygen atoms in total. The van der Waals surface area contributed by atoms with Crippen molar-refractivity contribution in [3.8, 4) is 0 Å². The number of ether oxygens (including phenoxy) is 2. The van der Waals surface area contributed by atoms with Crippen LogP contribution in [0.4, 0.5) is 4.79 Å². The molecule has 0 aromatic rings. The number of carbonyl (C=O) groups is 2. The summed E-state index contributed by atoms with van der Waals surface area (Å²) in [6.07, 6.45) is -0.629. The van der Waals surface area contributed by atoms with Gasteiger partial charge in [-0.3, -0.25) is 4.90 Å². The maximum absolute atomic E-state index is 11.1. The summed E-state index contributed by atoms with van der Waals surface area (Å²) in [6, 6.07) is -0.929. The van der Waals surface area contributed by atoms with Gasteiger partial charge in [-0.2, -0.15) is 0 Å². The van der Waals surface area contributed by atoms with Crippen molar-refractivity contribution in [1.82, 2.24) is 4.90 Å². The highest BCUT2D eigenvalue weighted by molar-refractivity contribution is 5.80. The van der Waals surface area contributed by atoms with E-state index < -0.39 is 18.1 Å². The zero-order chi connectivity index (χ0) is 9.84. The van der Waals surface area contributed by atoms with Crippen LogP contribution in [0.5, 0.6) is 0 Å². The molecule has 1 atom stereocenters. The molecule has 1 heterocycles. The van der Waals surface area contributed by atoms with Crippen LogP contribution in [-0.2, 0) is 14.3 Å². The molecule has 0 unspecified atom stereocenters. The first kappa shape index (κ1) is 9.79. The van der Waals surface area contributed by atoms with Crippen molar-refractivity contribution >= 4 is 12.1 Å². The van der Waals surface area contributed by atoms with Gasteiger partial charge in [0.15, 0.2) is 6.04 Å². The van der Waals surface area contributed by atoms with Crippen LogP contribution in [0.15, 0.2) is 0 Å². The van der Waals surface area contributed by atoms with Gasteiger partial charge in [0.05, 0.1) is 20.3 Å². The van der Waals surface area contributed by atoms with Gasteiger partial charge in [0, 0.05) is 6.54 Å². The fourth-order valence-electron chi connectivity index (χ4n) is 1.14. The molecule has 1 aliphatic heterocycles. The summed E-state index contributed by atoms with van der Waals surface area (Å²) < 4.78 is 9.38. The van der Waals surface area contributed by atoms with Crippen LogP contribution in [0.2, 0.25) is 0 Å². The minimum absolute atomic E-state index is 0.0183. The molecular formula is C7H11NO5. The Labute approximate surface area is 75.0 Å². The third-order valence-corrected chi connectivity index (χ3v) is 1.82. The molecule has 0 aliphatic carbocycles. The van der Waals surface area contributed by atoms with Crippen LogP contribution in [0.1, 0.15) is 0 Å². The zero-order valence-electron chi connectivity index (χ0n) is 7.23. The molecule has 1 fully saturated rings. The number of carboxylic acids is 1. The van der Waals surface area contributed by atoms with E-state index in [1.165, 1.54) is 7.11 Å². The standard InChI is InChI=1S/C7H11NO5/c1-12-7(11)8-2-3-13-4-5(8)6(9)10/h5H,2-4H2,1H3,(H,9,10)/t5-/m1/s1. The van der Waals surface area contributed by atoms with E-state index in [-0.39, 0.29) is 13.2 Å². The van der Waals surface area contributed by atoms with E-state index >= 15 is 0 Å². The SMILES string of the molecule is COC(=O)N1CCOC[C@@H]1C(=O)O. The number of hydrogen-bond acceptors (Lipinski definition) is 4. The molecular weight excluding hydrogens is 178 g/mol. The summed E-state index contributed by atoms with van der Waals surface area (Å²) >= 11 is 0. The molecule has 0 spiro atoms. The number of nitrogens with zero attached hydrogens (tertiary/aromatic N) is 1. The normalized spacial score (nSPS) is 22.5. The highest BCUT2D eigenvalue weighted by Gasteiger charge is 2.33. The van der Waals surface area contributed by atoms with Crippen molar-refractivity contribution in [2.45, 2.75) is 6.04 Å². The van der Waals surface area contributed by atoms with Crippen molar-refractivity contribution < 1.29 is 24.2 Å². The van der Waals surface area contributed by atoms with Crippen molar-refractivity contribution in [2.75, 3.05) is 26.9 Å². The molecule has 0 bridgehead atoms. The van der Waals surface area contributed by atoms with E-state index in [2.05, 4.69) is 4.74 Å². The van der Waals surface area contributed by atoms with Crippen LogP contribution in [0.3, 0.4) is 0 Å². The van der Waals surface area contributed by atoms with Gasteiger partial charge in [-0.1, -0.05) is 0 Å². The largest absolute Gasteiger partial charge is 0.480 e. The third-order valence-electron chi connectivity index (χ3n) is 1.82. The zero-order valence-corrected chi connectivity index (χ0v) is 7.23. The highest BCUT2D eigenvalue weighted by atomic mass is 16.5. The second-order valence-corrected chi connectivity index (χ2v) is 2.59. The Morgan fingerprint density at radius 1 is 1.62 bits per heavy atom. The average Bonchev–Trinajstić information content (AvgIpc) is 2.16. The number of amides is 1. The number of aliphatic carboxylic acids is 1. The molecule has 0 radical (unpaired) electrons. The molecule has 1 rings (SSSR count). The Morgan fingerprint density at radius 3 is 2.85 bits per heavy atom. The summed E-state index contributed by atoms with van der Waals surface area (Å²) in [5.74, 6) is -1.08. The quantitative estimate of drug-likeness (QED) is 0.604. The van der Waals surface area contributed by atoms with Crippen LogP contribution in [-0.4, -0.2) is 55.0 Å². The first-order valence-corrected chi connectivity index (χ1v) is 3.82. The van der Waals surface area contributed by atoms with Gasteiger partial charge >= 0.3 is 12.1 Å². The Morgan fingerprint density at radius 2 is 2.31 bits per heavy atom. The highest BCUT2D eigenvalue weighted by Crippen LogP contribution is 2.08. The lowest BCUT2D eigenvalue weighted by Gasteiger charge is -2.31. The van der Waals surface area contributed by atoms with E-state index in [1.807, 2.05) is 0 Å². The third kappa shape index (κ3) is 2.09. The summed E-state index contributed by atoms with van der Waals surface area (Å²) in [6.45, 7) is 0.618. The summed E-state index contributed by atoms with van der Waals surface area (Å²) in [4.78, 5) is 22.9. The van der Waals surface area contributed by atoms with Crippen LogP contribution < -0.4 is 0 Å². The Hall–Kier alpha value is -1.30. The molecule has 6 heteroatoms. The minimum Gasteiger partial charge on any atom is -0.480 e. The van der Waals surface area contributed by atoms with Gasteiger partial charge in [0.1, 0.15) is 0 Å². The molecule has 0 saturated carbocycles. The lowest BCUT2D eigenvalue weighted by molar-refractivity contribution is -0.148. The van der Waals surface area contributed by atoms with Crippen molar-refractivity contribution in [3.63, 3.8) is 0 Å².